The SMILES string of the molecule is C=Cn1nccc1N1C(=O)C2C3C[C@@](O)(C=C)CN3C3(C(=O)Nc4c(Cl)cc(Cl)cc43)C2C1=O. The Kier molecular flexibility index (Phi) is 4.30. The number of imide groups is 1. The number of amides is 3. The van der Waals surface area contributed by atoms with Crippen molar-refractivity contribution in [3.05, 3.63) is 59.2 Å². The number of nitrogens with zero attached hydrogens (tertiary/aromatic N) is 4. The highest BCUT2D eigenvalue weighted by atomic mass is 35.5. The number of hydrogen-bond acceptors (Lipinski definition) is 6. The molecule has 9 nitrogen and oxygen atoms in total. The van der Waals surface area contributed by atoms with Crippen LogP contribution < -0.4 is 10.2 Å². The standard InChI is InChI=1S/C23H19Cl2N5O4/c1-3-22(34)9-14-16-17(20(32)30(19(16)31)15-5-6-26-29(15)4-2)23(28(14)10-22)12-7-11(24)8-13(25)18(12)27-21(23)33/h3-8,14,16-17,34H,1-2,9-10H2,(H,27,33)/t14?,16?,17?,22-,23?/m0/s1. The van der Waals surface area contributed by atoms with Gasteiger partial charge in [0.2, 0.25) is 11.8 Å². The van der Waals surface area contributed by atoms with Crippen LogP contribution in [0.2, 0.25) is 10.0 Å². The Morgan fingerprint density at radius 3 is 2.68 bits per heavy atom. The Hall–Kier alpha value is -2.98. The molecule has 1 spiro atoms. The Labute approximate surface area is 204 Å². The van der Waals surface area contributed by atoms with Crippen LogP contribution in [0.5, 0.6) is 0 Å². The summed E-state index contributed by atoms with van der Waals surface area (Å²) in [5.74, 6) is -3.19. The molecule has 3 amide bonds. The predicted octanol–water partition coefficient (Wildman–Crippen LogP) is 2.25. The van der Waals surface area contributed by atoms with E-state index < -0.39 is 46.7 Å². The molecule has 5 heterocycles. The van der Waals surface area contributed by atoms with Gasteiger partial charge in [-0.1, -0.05) is 35.9 Å². The minimum Gasteiger partial charge on any atom is -0.384 e. The third kappa shape index (κ3) is 2.37. The third-order valence-electron chi connectivity index (χ3n) is 7.56. The van der Waals surface area contributed by atoms with Crippen molar-refractivity contribution in [2.24, 2.45) is 11.8 Å². The zero-order valence-corrected chi connectivity index (χ0v) is 19.3. The van der Waals surface area contributed by atoms with Crippen molar-refractivity contribution in [3.63, 3.8) is 0 Å². The number of carbonyl (C=O) groups excluding carboxylic acids is 3. The van der Waals surface area contributed by atoms with E-state index in [0.29, 0.717) is 11.3 Å². The van der Waals surface area contributed by atoms with Gasteiger partial charge in [0.05, 0.1) is 34.3 Å². The smallest absolute Gasteiger partial charge is 0.250 e. The van der Waals surface area contributed by atoms with Gasteiger partial charge in [-0.15, -0.1) is 6.58 Å². The van der Waals surface area contributed by atoms with Gasteiger partial charge >= 0.3 is 0 Å². The molecule has 0 bridgehead atoms. The van der Waals surface area contributed by atoms with E-state index in [1.165, 1.54) is 35.3 Å². The molecule has 2 aromatic rings. The lowest BCUT2D eigenvalue weighted by atomic mass is 9.74. The van der Waals surface area contributed by atoms with E-state index in [1.54, 1.807) is 11.0 Å². The van der Waals surface area contributed by atoms with Crippen LogP contribution in [0, 0.1) is 11.8 Å². The van der Waals surface area contributed by atoms with E-state index in [-0.39, 0.29) is 28.8 Å². The van der Waals surface area contributed by atoms with Crippen LogP contribution in [0.25, 0.3) is 6.20 Å². The van der Waals surface area contributed by atoms with Crippen molar-refractivity contribution in [3.8, 4) is 0 Å². The van der Waals surface area contributed by atoms with Crippen molar-refractivity contribution in [1.29, 1.82) is 0 Å². The monoisotopic (exact) mass is 499 g/mol. The second kappa shape index (κ2) is 6.79. The van der Waals surface area contributed by atoms with Crippen LogP contribution in [0.1, 0.15) is 12.0 Å². The van der Waals surface area contributed by atoms with Gasteiger partial charge in [0.15, 0.2) is 0 Å². The number of fused-ring (bicyclic) bond motifs is 7. The van der Waals surface area contributed by atoms with Crippen molar-refractivity contribution in [2.75, 3.05) is 16.8 Å². The fourth-order valence-corrected chi connectivity index (χ4v) is 6.82. The summed E-state index contributed by atoms with van der Waals surface area (Å²) < 4.78 is 1.33. The lowest BCUT2D eigenvalue weighted by Crippen LogP contribution is -2.55. The second-order valence-corrected chi connectivity index (χ2v) is 9.91. The molecule has 0 saturated carbocycles. The molecule has 5 atom stereocenters. The Bertz CT molecular complexity index is 1340. The number of rotatable bonds is 3. The number of carbonyl (C=O) groups is 3. The van der Waals surface area contributed by atoms with Gasteiger partial charge in [-0.3, -0.25) is 19.3 Å². The van der Waals surface area contributed by atoms with Crippen LogP contribution in [0.15, 0.2) is 43.6 Å². The lowest BCUT2D eigenvalue weighted by Gasteiger charge is -2.37. The molecule has 3 saturated heterocycles. The van der Waals surface area contributed by atoms with E-state index in [0.717, 1.165) is 4.90 Å². The molecule has 6 rings (SSSR count). The highest BCUT2D eigenvalue weighted by Crippen LogP contribution is 2.62. The molecule has 174 valence electrons. The van der Waals surface area contributed by atoms with Crippen LogP contribution in [0.4, 0.5) is 11.5 Å². The summed E-state index contributed by atoms with van der Waals surface area (Å²) >= 11 is 12.7. The molecule has 1 aromatic carbocycles. The lowest BCUT2D eigenvalue weighted by molar-refractivity contribution is -0.136. The largest absolute Gasteiger partial charge is 0.384 e. The number of halogens is 2. The van der Waals surface area contributed by atoms with Crippen LogP contribution in [-0.2, 0) is 19.9 Å². The summed E-state index contributed by atoms with van der Waals surface area (Å²) in [4.78, 5) is 44.4. The molecule has 3 fully saturated rings. The molecular formula is C23H19Cl2N5O4. The third-order valence-corrected chi connectivity index (χ3v) is 8.07. The number of aromatic nitrogens is 2. The summed E-state index contributed by atoms with van der Waals surface area (Å²) in [7, 11) is 0. The normalized spacial score (nSPS) is 33.9. The molecule has 34 heavy (non-hydrogen) atoms. The van der Waals surface area contributed by atoms with E-state index in [9.17, 15) is 19.5 Å². The molecule has 0 radical (unpaired) electrons. The molecule has 11 heteroatoms. The van der Waals surface area contributed by atoms with E-state index in [2.05, 4.69) is 23.6 Å². The highest BCUT2D eigenvalue weighted by molar-refractivity contribution is 6.38. The van der Waals surface area contributed by atoms with Crippen LogP contribution in [-0.4, -0.2) is 55.7 Å². The topological polar surface area (TPSA) is 108 Å². The number of nitrogens with one attached hydrogen (secondary N) is 1. The summed E-state index contributed by atoms with van der Waals surface area (Å²) in [5.41, 5.74) is -2.15. The molecular weight excluding hydrogens is 481 g/mol. The van der Waals surface area contributed by atoms with E-state index >= 15 is 0 Å². The zero-order valence-electron chi connectivity index (χ0n) is 17.7. The van der Waals surface area contributed by atoms with Crippen molar-refractivity contribution >= 4 is 58.6 Å². The fraction of sp³-hybridized carbons (Fsp3) is 0.304. The molecule has 4 aliphatic heterocycles. The Morgan fingerprint density at radius 1 is 1.21 bits per heavy atom. The summed E-state index contributed by atoms with van der Waals surface area (Å²) in [6.45, 7) is 7.44. The average molecular weight is 500 g/mol. The van der Waals surface area contributed by atoms with Gasteiger partial charge in [-0.25, -0.2) is 9.58 Å². The van der Waals surface area contributed by atoms with Gasteiger partial charge in [0.25, 0.3) is 5.91 Å². The van der Waals surface area contributed by atoms with E-state index in [1.807, 2.05) is 0 Å². The van der Waals surface area contributed by atoms with Crippen molar-refractivity contribution < 1.29 is 19.5 Å². The fourth-order valence-electron chi connectivity index (χ4n) is 6.28. The first-order valence-corrected chi connectivity index (χ1v) is 11.4. The molecule has 1 aromatic heterocycles. The van der Waals surface area contributed by atoms with Crippen LogP contribution >= 0.6 is 23.2 Å². The second-order valence-electron chi connectivity index (χ2n) is 9.07. The maximum Gasteiger partial charge on any atom is 0.250 e. The van der Waals surface area contributed by atoms with Gasteiger partial charge in [-0.05, 0) is 18.6 Å². The molecule has 4 unspecified atom stereocenters. The molecule has 0 aliphatic carbocycles. The molecule has 4 aliphatic rings. The van der Waals surface area contributed by atoms with Gasteiger partial charge in [0.1, 0.15) is 11.4 Å². The van der Waals surface area contributed by atoms with E-state index in [4.69, 9.17) is 23.2 Å². The number of aliphatic hydroxyl groups is 1. The quantitative estimate of drug-likeness (QED) is 0.495. The number of anilines is 2. The van der Waals surface area contributed by atoms with Crippen molar-refractivity contribution in [1.82, 2.24) is 14.7 Å². The zero-order chi connectivity index (χ0) is 24.2. The minimum absolute atomic E-state index is 0.0241. The molecule has 2 N–H and O–H groups in total. The minimum atomic E-state index is -1.58. The van der Waals surface area contributed by atoms with Crippen LogP contribution in [0.3, 0.4) is 0 Å². The average Bonchev–Trinajstić information content (AvgIpc) is 3.55. The summed E-state index contributed by atoms with van der Waals surface area (Å²) in [5, 5.41) is 18.5. The Morgan fingerprint density at radius 2 is 1.97 bits per heavy atom. The van der Waals surface area contributed by atoms with Crippen molar-refractivity contribution in [2.45, 2.75) is 23.6 Å². The number of hydrogen-bond donors (Lipinski definition) is 2. The first kappa shape index (κ1) is 21.5. The first-order chi connectivity index (χ1) is 16.2. The van der Waals surface area contributed by atoms with Gasteiger partial charge in [0, 0.05) is 35.4 Å². The highest BCUT2D eigenvalue weighted by Gasteiger charge is 2.76. The maximum atomic E-state index is 14.0. The first-order valence-electron chi connectivity index (χ1n) is 10.7. The van der Waals surface area contributed by atoms with Gasteiger partial charge in [-0.2, -0.15) is 5.10 Å². The Balaban J connectivity index is 1.61. The summed E-state index contributed by atoms with van der Waals surface area (Å²) in [6, 6.07) is 4.05. The summed E-state index contributed by atoms with van der Waals surface area (Å²) in [6.07, 6.45) is 4.40. The number of benzene rings is 1. The van der Waals surface area contributed by atoms with Gasteiger partial charge < -0.3 is 10.4 Å². The maximum absolute atomic E-state index is 14.0. The predicted molar refractivity (Wildman–Crippen MR) is 125 cm³/mol.